The molecule has 0 bridgehead atoms. The van der Waals surface area contributed by atoms with Crippen molar-refractivity contribution in [3.63, 3.8) is 0 Å². The van der Waals surface area contributed by atoms with E-state index >= 15 is 0 Å². The highest BCUT2D eigenvalue weighted by molar-refractivity contribution is 5.71. The molecule has 0 radical (unpaired) electrons. The molecule has 1 aromatic carbocycles. The molecule has 1 fully saturated rings. The van der Waals surface area contributed by atoms with Crippen molar-refractivity contribution in [1.82, 2.24) is 4.90 Å². The maximum Gasteiger partial charge on any atom is 0.411 e. The lowest BCUT2D eigenvalue weighted by Crippen LogP contribution is -2.61. The lowest BCUT2D eigenvalue weighted by molar-refractivity contribution is -0.0517. The molecule has 0 aliphatic carbocycles. The third-order valence-corrected chi connectivity index (χ3v) is 3.81. The summed E-state index contributed by atoms with van der Waals surface area (Å²) in [5.74, 6) is -0.306. The van der Waals surface area contributed by atoms with Gasteiger partial charge in [0.1, 0.15) is 11.4 Å². The van der Waals surface area contributed by atoms with E-state index in [0.29, 0.717) is 31.5 Å². The Hall–Kier alpha value is -1.62. The summed E-state index contributed by atoms with van der Waals surface area (Å²) in [7, 11) is 0. The van der Waals surface area contributed by atoms with Gasteiger partial charge in [-0.2, -0.15) is 0 Å². The third-order valence-electron chi connectivity index (χ3n) is 3.81. The summed E-state index contributed by atoms with van der Waals surface area (Å²) < 4.78 is 19.6. The third kappa shape index (κ3) is 3.02. The van der Waals surface area contributed by atoms with Crippen molar-refractivity contribution in [1.29, 1.82) is 0 Å². The first-order valence-electron chi connectivity index (χ1n) is 7.26. The van der Waals surface area contributed by atoms with E-state index in [-0.39, 0.29) is 5.82 Å². The van der Waals surface area contributed by atoms with Crippen molar-refractivity contribution in [2.75, 3.05) is 13.1 Å². The molecule has 1 unspecified atom stereocenters. The van der Waals surface area contributed by atoms with Gasteiger partial charge in [0, 0.05) is 12.1 Å². The van der Waals surface area contributed by atoms with Crippen LogP contribution in [0.2, 0.25) is 0 Å². The molecule has 0 spiro atoms. The van der Waals surface area contributed by atoms with E-state index in [2.05, 4.69) is 0 Å². The van der Waals surface area contributed by atoms with Gasteiger partial charge < -0.3 is 10.5 Å². The highest BCUT2D eigenvalue weighted by Crippen LogP contribution is 2.44. The normalized spacial score (nSPS) is 21.9. The van der Waals surface area contributed by atoms with E-state index in [1.54, 1.807) is 23.1 Å². The molecule has 1 heterocycles. The zero-order valence-corrected chi connectivity index (χ0v) is 12.9. The molecule has 2 rings (SSSR count). The first-order valence-corrected chi connectivity index (χ1v) is 7.26. The first-order chi connectivity index (χ1) is 9.80. The van der Waals surface area contributed by atoms with Crippen LogP contribution in [0.1, 0.15) is 39.2 Å². The standard InChI is InChI=1S/C16H23FN2O2/c1-15(2,3)21-14(20)19-11-9-16(19,8-10-18)12-6-4-5-7-13(12)17/h4-7H,8-11,18H2,1-3H3. The molecule has 4 nitrogen and oxygen atoms in total. The average molecular weight is 294 g/mol. The summed E-state index contributed by atoms with van der Waals surface area (Å²) in [4.78, 5) is 14.0. The number of rotatable bonds is 3. The second-order valence-electron chi connectivity index (χ2n) is 6.43. The zero-order chi connectivity index (χ0) is 15.7. The summed E-state index contributed by atoms with van der Waals surface area (Å²) in [6, 6.07) is 6.56. The number of ether oxygens (including phenoxy) is 1. The van der Waals surface area contributed by atoms with Gasteiger partial charge in [-0.15, -0.1) is 0 Å². The van der Waals surface area contributed by atoms with Crippen LogP contribution in [0.4, 0.5) is 9.18 Å². The number of halogens is 1. The molecule has 1 aliphatic heterocycles. The summed E-state index contributed by atoms with van der Waals surface area (Å²) in [6.45, 7) is 6.39. The van der Waals surface area contributed by atoms with Crippen LogP contribution < -0.4 is 5.73 Å². The van der Waals surface area contributed by atoms with E-state index in [4.69, 9.17) is 10.5 Å². The quantitative estimate of drug-likeness (QED) is 0.932. The molecule has 1 aliphatic rings. The number of nitrogens with zero attached hydrogens (tertiary/aromatic N) is 1. The van der Waals surface area contributed by atoms with Crippen LogP contribution in [0.15, 0.2) is 24.3 Å². The molecule has 21 heavy (non-hydrogen) atoms. The molecule has 1 amide bonds. The van der Waals surface area contributed by atoms with Gasteiger partial charge in [0.2, 0.25) is 0 Å². The summed E-state index contributed by atoms with van der Waals surface area (Å²) in [6.07, 6.45) is 0.808. The van der Waals surface area contributed by atoms with Gasteiger partial charge >= 0.3 is 6.09 Å². The maximum atomic E-state index is 14.2. The first kappa shape index (κ1) is 15.8. The Labute approximate surface area is 125 Å². The van der Waals surface area contributed by atoms with Crippen molar-refractivity contribution in [2.45, 2.75) is 44.8 Å². The van der Waals surface area contributed by atoms with Crippen LogP contribution in [0, 0.1) is 5.82 Å². The molecular weight excluding hydrogens is 271 g/mol. The lowest BCUT2D eigenvalue weighted by atomic mass is 9.75. The number of nitrogens with two attached hydrogens (primary N) is 1. The largest absolute Gasteiger partial charge is 0.444 e. The van der Waals surface area contributed by atoms with Gasteiger partial charge in [0.25, 0.3) is 0 Å². The van der Waals surface area contributed by atoms with Gasteiger partial charge in [0.05, 0.1) is 5.54 Å². The number of hydrogen-bond donors (Lipinski definition) is 1. The predicted molar refractivity (Wildman–Crippen MR) is 79.3 cm³/mol. The van der Waals surface area contributed by atoms with Crippen molar-refractivity contribution in [3.8, 4) is 0 Å². The van der Waals surface area contributed by atoms with Gasteiger partial charge in [0.15, 0.2) is 0 Å². The Balaban J connectivity index is 2.31. The van der Waals surface area contributed by atoms with Gasteiger partial charge in [-0.1, -0.05) is 18.2 Å². The van der Waals surface area contributed by atoms with E-state index < -0.39 is 17.2 Å². The molecule has 0 saturated carbocycles. The molecule has 0 aromatic heterocycles. The van der Waals surface area contributed by atoms with Crippen LogP contribution in [0.25, 0.3) is 0 Å². The molecule has 1 saturated heterocycles. The minimum absolute atomic E-state index is 0.306. The molecular formula is C16H23FN2O2. The second-order valence-corrected chi connectivity index (χ2v) is 6.43. The number of carbonyl (C=O) groups excluding carboxylic acids is 1. The van der Waals surface area contributed by atoms with Crippen molar-refractivity contribution in [2.24, 2.45) is 5.73 Å². The molecule has 116 valence electrons. The summed E-state index contributed by atoms with van der Waals surface area (Å²) in [5.41, 5.74) is 4.97. The Morgan fingerprint density at radius 1 is 1.43 bits per heavy atom. The number of likely N-dealkylation sites (tertiary alicyclic amines) is 1. The Bertz CT molecular complexity index is 527. The lowest BCUT2D eigenvalue weighted by Gasteiger charge is -2.53. The summed E-state index contributed by atoms with van der Waals surface area (Å²) >= 11 is 0. The minimum Gasteiger partial charge on any atom is -0.444 e. The van der Waals surface area contributed by atoms with Crippen LogP contribution in [0.3, 0.4) is 0 Å². The zero-order valence-electron chi connectivity index (χ0n) is 12.9. The minimum atomic E-state index is -0.678. The van der Waals surface area contributed by atoms with E-state index in [0.717, 1.165) is 0 Å². The van der Waals surface area contributed by atoms with E-state index in [1.807, 2.05) is 20.8 Å². The fourth-order valence-electron chi connectivity index (χ4n) is 2.83. The van der Waals surface area contributed by atoms with Crippen LogP contribution >= 0.6 is 0 Å². The monoisotopic (exact) mass is 294 g/mol. The fourth-order valence-corrected chi connectivity index (χ4v) is 2.83. The smallest absolute Gasteiger partial charge is 0.411 e. The topological polar surface area (TPSA) is 55.6 Å². The molecule has 5 heteroatoms. The highest BCUT2D eigenvalue weighted by atomic mass is 19.1. The highest BCUT2D eigenvalue weighted by Gasteiger charge is 2.50. The van der Waals surface area contributed by atoms with Gasteiger partial charge in [-0.05, 0) is 46.2 Å². The second kappa shape index (κ2) is 5.64. The number of amides is 1. The van der Waals surface area contributed by atoms with Gasteiger partial charge in [-0.3, -0.25) is 4.90 Å². The van der Waals surface area contributed by atoms with E-state index in [1.165, 1.54) is 6.07 Å². The van der Waals surface area contributed by atoms with Crippen molar-refractivity contribution < 1.29 is 13.9 Å². The van der Waals surface area contributed by atoms with Crippen LogP contribution in [-0.2, 0) is 10.3 Å². The SMILES string of the molecule is CC(C)(C)OC(=O)N1CCC1(CCN)c1ccccc1F. The number of benzene rings is 1. The van der Waals surface area contributed by atoms with Crippen molar-refractivity contribution >= 4 is 6.09 Å². The summed E-state index contributed by atoms with van der Waals surface area (Å²) in [5, 5.41) is 0. The average Bonchev–Trinajstić information content (AvgIpc) is 2.33. The number of hydrogen-bond acceptors (Lipinski definition) is 3. The molecule has 2 N–H and O–H groups in total. The van der Waals surface area contributed by atoms with Crippen LogP contribution in [-0.4, -0.2) is 29.7 Å². The Morgan fingerprint density at radius 2 is 2.10 bits per heavy atom. The maximum absolute atomic E-state index is 14.2. The molecule has 1 aromatic rings. The van der Waals surface area contributed by atoms with Crippen LogP contribution in [0.5, 0.6) is 0 Å². The van der Waals surface area contributed by atoms with E-state index in [9.17, 15) is 9.18 Å². The van der Waals surface area contributed by atoms with Gasteiger partial charge in [-0.25, -0.2) is 9.18 Å². The molecule has 1 atom stereocenters. The Kier molecular flexibility index (Phi) is 4.23. The fraction of sp³-hybridized carbons (Fsp3) is 0.562. The number of carbonyl (C=O) groups is 1. The predicted octanol–water partition coefficient (Wildman–Crippen LogP) is 3.01. The Morgan fingerprint density at radius 3 is 2.57 bits per heavy atom. The van der Waals surface area contributed by atoms with Crippen molar-refractivity contribution in [3.05, 3.63) is 35.6 Å².